The van der Waals surface area contributed by atoms with Crippen molar-refractivity contribution in [3.05, 3.63) is 11.3 Å². The van der Waals surface area contributed by atoms with Crippen molar-refractivity contribution >= 4 is 22.9 Å². The van der Waals surface area contributed by atoms with Gasteiger partial charge in [0.1, 0.15) is 6.73 Å². The molecule has 2 nitrogen and oxygen atoms in total. The van der Waals surface area contributed by atoms with Crippen LogP contribution in [-0.2, 0) is 4.74 Å². The predicted octanol–water partition coefficient (Wildman–Crippen LogP) is 1.92. The SMILES string of the molecule is CC1=C(C)N(I)COC1. The van der Waals surface area contributed by atoms with Crippen molar-refractivity contribution in [3.8, 4) is 0 Å². The average molecular weight is 239 g/mol. The molecule has 0 radical (unpaired) electrons. The zero-order valence-corrected chi connectivity index (χ0v) is 7.81. The number of nitrogens with zero attached hydrogens (tertiary/aromatic N) is 1. The summed E-state index contributed by atoms with van der Waals surface area (Å²) in [6.45, 7) is 5.74. The molecule has 0 saturated carbocycles. The summed E-state index contributed by atoms with van der Waals surface area (Å²) in [5, 5.41) is 0. The maximum atomic E-state index is 5.22. The van der Waals surface area contributed by atoms with Crippen molar-refractivity contribution in [2.24, 2.45) is 0 Å². The number of ether oxygens (including phenoxy) is 1. The highest BCUT2D eigenvalue weighted by molar-refractivity contribution is 14.1. The summed E-state index contributed by atoms with van der Waals surface area (Å²) in [6, 6.07) is 0. The Morgan fingerprint density at radius 3 is 2.67 bits per heavy atom. The first-order valence-electron chi connectivity index (χ1n) is 2.89. The summed E-state index contributed by atoms with van der Waals surface area (Å²) in [7, 11) is 0. The second-order valence-electron chi connectivity index (χ2n) is 2.21. The van der Waals surface area contributed by atoms with E-state index in [1.807, 2.05) is 0 Å². The van der Waals surface area contributed by atoms with E-state index in [-0.39, 0.29) is 0 Å². The van der Waals surface area contributed by atoms with Crippen LogP contribution in [0.2, 0.25) is 0 Å². The minimum Gasteiger partial charge on any atom is -0.356 e. The molecule has 0 N–H and O–H groups in total. The van der Waals surface area contributed by atoms with E-state index in [9.17, 15) is 0 Å². The van der Waals surface area contributed by atoms with Gasteiger partial charge in [-0.15, -0.1) is 0 Å². The van der Waals surface area contributed by atoms with Crippen molar-refractivity contribution in [2.75, 3.05) is 13.3 Å². The molecule has 0 bridgehead atoms. The van der Waals surface area contributed by atoms with Gasteiger partial charge in [0, 0.05) is 5.70 Å². The van der Waals surface area contributed by atoms with Gasteiger partial charge in [0.25, 0.3) is 0 Å². The Bertz CT molecular complexity index is 144. The van der Waals surface area contributed by atoms with Crippen molar-refractivity contribution in [1.82, 2.24) is 3.11 Å². The Hall–Kier alpha value is 0.230. The molecule has 52 valence electrons. The first-order chi connectivity index (χ1) is 4.22. The summed E-state index contributed by atoms with van der Waals surface area (Å²) < 4.78 is 7.30. The van der Waals surface area contributed by atoms with Gasteiger partial charge in [-0.3, -0.25) is 3.11 Å². The van der Waals surface area contributed by atoms with Crippen LogP contribution < -0.4 is 0 Å². The summed E-state index contributed by atoms with van der Waals surface area (Å²) >= 11 is 2.25. The Balaban J connectivity index is 2.72. The minimum absolute atomic E-state index is 0.726. The lowest BCUT2D eigenvalue weighted by Crippen LogP contribution is -2.21. The van der Waals surface area contributed by atoms with Crippen molar-refractivity contribution in [1.29, 1.82) is 0 Å². The number of allylic oxidation sites excluding steroid dienone is 1. The van der Waals surface area contributed by atoms with E-state index in [1.54, 1.807) is 0 Å². The third kappa shape index (κ3) is 1.58. The predicted molar refractivity (Wildman–Crippen MR) is 45.1 cm³/mol. The molecule has 0 aliphatic carbocycles. The maximum absolute atomic E-state index is 5.22. The molecular weight excluding hydrogens is 229 g/mol. The fourth-order valence-electron chi connectivity index (χ4n) is 0.687. The largest absolute Gasteiger partial charge is 0.356 e. The van der Waals surface area contributed by atoms with E-state index in [4.69, 9.17) is 4.74 Å². The number of hydrogen-bond acceptors (Lipinski definition) is 2. The Labute approximate surface area is 69.4 Å². The first-order valence-corrected chi connectivity index (χ1v) is 3.85. The third-order valence-electron chi connectivity index (χ3n) is 1.50. The van der Waals surface area contributed by atoms with Gasteiger partial charge < -0.3 is 4.74 Å². The average Bonchev–Trinajstić information content (AvgIpc) is 1.83. The third-order valence-corrected chi connectivity index (χ3v) is 2.51. The molecule has 0 amide bonds. The molecule has 1 aliphatic heterocycles. The second kappa shape index (κ2) is 2.88. The highest BCUT2D eigenvalue weighted by atomic mass is 127. The first kappa shape index (κ1) is 7.34. The molecule has 3 heteroatoms. The molecule has 1 heterocycles. The molecule has 0 spiro atoms. The van der Waals surface area contributed by atoms with Gasteiger partial charge in [-0.05, 0) is 19.4 Å². The summed E-state index contributed by atoms with van der Waals surface area (Å²) in [6.07, 6.45) is 0. The zero-order chi connectivity index (χ0) is 6.85. The Morgan fingerprint density at radius 2 is 2.22 bits per heavy atom. The van der Waals surface area contributed by atoms with E-state index in [2.05, 4.69) is 39.8 Å². The number of rotatable bonds is 0. The highest BCUT2D eigenvalue weighted by Crippen LogP contribution is 2.18. The highest BCUT2D eigenvalue weighted by Gasteiger charge is 2.09. The maximum Gasteiger partial charge on any atom is 0.128 e. The van der Waals surface area contributed by atoms with Gasteiger partial charge in [0.05, 0.1) is 29.5 Å². The number of hydrogen-bond donors (Lipinski definition) is 0. The molecule has 0 aromatic rings. The molecule has 0 atom stereocenters. The molecular formula is C6H10INO. The van der Waals surface area contributed by atoms with Gasteiger partial charge in [-0.2, -0.15) is 0 Å². The minimum atomic E-state index is 0.726. The molecule has 0 saturated heterocycles. The zero-order valence-electron chi connectivity index (χ0n) is 5.65. The van der Waals surface area contributed by atoms with Gasteiger partial charge in [-0.1, -0.05) is 0 Å². The van der Waals surface area contributed by atoms with Crippen LogP contribution in [0, 0.1) is 0 Å². The summed E-state index contributed by atoms with van der Waals surface area (Å²) in [5.74, 6) is 0. The van der Waals surface area contributed by atoms with Crippen molar-refractivity contribution in [2.45, 2.75) is 13.8 Å². The van der Waals surface area contributed by atoms with Gasteiger partial charge >= 0.3 is 0 Å². The van der Waals surface area contributed by atoms with Crippen LogP contribution in [0.25, 0.3) is 0 Å². The van der Waals surface area contributed by atoms with Crippen molar-refractivity contribution in [3.63, 3.8) is 0 Å². The smallest absolute Gasteiger partial charge is 0.128 e. The van der Waals surface area contributed by atoms with Gasteiger partial charge in [0.2, 0.25) is 0 Å². The van der Waals surface area contributed by atoms with Crippen LogP contribution in [0.15, 0.2) is 11.3 Å². The van der Waals surface area contributed by atoms with Gasteiger partial charge in [-0.25, -0.2) is 0 Å². The van der Waals surface area contributed by atoms with Crippen LogP contribution in [0.1, 0.15) is 13.8 Å². The normalized spacial score (nSPS) is 21.0. The van der Waals surface area contributed by atoms with Crippen LogP contribution in [0.5, 0.6) is 0 Å². The van der Waals surface area contributed by atoms with Crippen molar-refractivity contribution < 1.29 is 4.74 Å². The monoisotopic (exact) mass is 239 g/mol. The van der Waals surface area contributed by atoms with Crippen LogP contribution in [0.3, 0.4) is 0 Å². The van der Waals surface area contributed by atoms with Crippen LogP contribution in [0.4, 0.5) is 0 Å². The molecule has 0 unspecified atom stereocenters. The molecule has 1 aliphatic rings. The van der Waals surface area contributed by atoms with E-state index in [0.29, 0.717) is 0 Å². The lowest BCUT2D eigenvalue weighted by molar-refractivity contribution is 0.0954. The Kier molecular flexibility index (Phi) is 2.35. The van der Waals surface area contributed by atoms with E-state index in [0.717, 1.165) is 13.3 Å². The van der Waals surface area contributed by atoms with Crippen LogP contribution >= 0.6 is 22.9 Å². The number of halogens is 1. The molecule has 0 aromatic carbocycles. The summed E-state index contributed by atoms with van der Waals surface area (Å²) in [4.78, 5) is 0. The molecule has 0 aromatic heterocycles. The van der Waals surface area contributed by atoms with E-state index in [1.165, 1.54) is 11.3 Å². The van der Waals surface area contributed by atoms with Crippen LogP contribution in [-0.4, -0.2) is 16.5 Å². The molecule has 1 rings (SSSR count). The lowest BCUT2D eigenvalue weighted by Gasteiger charge is -2.24. The fourth-order valence-corrected chi connectivity index (χ4v) is 1.30. The molecule has 9 heavy (non-hydrogen) atoms. The lowest BCUT2D eigenvalue weighted by atomic mass is 10.2. The fraction of sp³-hybridized carbons (Fsp3) is 0.667. The summed E-state index contributed by atoms with van der Waals surface area (Å²) in [5.41, 5.74) is 2.66. The topological polar surface area (TPSA) is 12.5 Å². The second-order valence-corrected chi connectivity index (χ2v) is 3.37. The molecule has 0 fully saturated rings. The Morgan fingerprint density at radius 1 is 1.56 bits per heavy atom. The van der Waals surface area contributed by atoms with Gasteiger partial charge in [0.15, 0.2) is 0 Å². The van der Waals surface area contributed by atoms with E-state index < -0.39 is 0 Å². The van der Waals surface area contributed by atoms with E-state index >= 15 is 0 Å². The standard InChI is InChI=1S/C6H10INO/c1-5-3-9-4-8(7)6(5)2/h3-4H2,1-2H3. The quantitative estimate of drug-likeness (QED) is 0.473.